The Morgan fingerprint density at radius 2 is 1.65 bits per heavy atom. The average Bonchev–Trinajstić information content (AvgIpc) is 3.26. The Bertz CT molecular complexity index is 1170. The lowest BCUT2D eigenvalue weighted by Gasteiger charge is -2.31. The molecule has 2 aromatic carbocycles. The Hall–Kier alpha value is -3.72. The number of carbonyl (C=O) groups is 2. The van der Waals surface area contributed by atoms with Crippen LogP contribution < -0.4 is 4.90 Å². The highest BCUT2D eigenvalue weighted by atomic mass is 16.5. The van der Waals surface area contributed by atoms with Gasteiger partial charge in [-0.3, -0.25) is 0 Å². The van der Waals surface area contributed by atoms with Crippen molar-refractivity contribution < 1.29 is 23.8 Å². The molecule has 1 aromatic heterocycles. The third-order valence-corrected chi connectivity index (χ3v) is 5.08. The third-order valence-electron chi connectivity index (χ3n) is 5.08. The summed E-state index contributed by atoms with van der Waals surface area (Å²) in [5.41, 5.74) is 4.20. The van der Waals surface area contributed by atoms with E-state index >= 15 is 0 Å². The van der Waals surface area contributed by atoms with Crippen LogP contribution in [0.4, 0.5) is 5.69 Å². The maximum absolute atomic E-state index is 12.5. The molecule has 3 aromatic rings. The number of ether oxygens (including phenoxy) is 3. The van der Waals surface area contributed by atoms with E-state index in [1.54, 1.807) is 27.9 Å². The van der Waals surface area contributed by atoms with E-state index in [1.165, 1.54) is 19.8 Å². The molecule has 0 amide bonds. The van der Waals surface area contributed by atoms with E-state index in [0.29, 0.717) is 16.7 Å². The number of benzene rings is 2. The first-order valence-electron chi connectivity index (χ1n) is 9.77. The van der Waals surface area contributed by atoms with Crippen molar-refractivity contribution >= 4 is 28.7 Å². The number of esters is 2. The Labute approximate surface area is 178 Å². The molecule has 4 rings (SSSR count). The molecule has 2 heterocycles. The first-order chi connectivity index (χ1) is 15.0. The first-order valence-corrected chi connectivity index (χ1v) is 9.77. The number of anilines is 1. The van der Waals surface area contributed by atoms with Gasteiger partial charge in [-0.1, -0.05) is 19.1 Å². The molecule has 0 spiro atoms. The summed E-state index contributed by atoms with van der Waals surface area (Å²) >= 11 is 0. The van der Waals surface area contributed by atoms with Gasteiger partial charge in [-0.25, -0.2) is 9.59 Å². The maximum Gasteiger partial charge on any atom is 0.355 e. The summed E-state index contributed by atoms with van der Waals surface area (Å²) < 4.78 is 15.2. The van der Waals surface area contributed by atoms with E-state index in [0.717, 1.165) is 12.1 Å². The first kappa shape index (κ1) is 20.5. The minimum atomic E-state index is -0.650. The van der Waals surface area contributed by atoms with Gasteiger partial charge in [0.15, 0.2) is 0 Å². The summed E-state index contributed by atoms with van der Waals surface area (Å²) in [7, 11) is 2.51. The highest BCUT2D eigenvalue weighted by molar-refractivity contribution is 6.03. The van der Waals surface area contributed by atoms with Gasteiger partial charge in [0.25, 0.3) is 0 Å². The fourth-order valence-electron chi connectivity index (χ4n) is 3.40. The summed E-state index contributed by atoms with van der Waals surface area (Å²) in [5.74, 6) is -1.30. The molecule has 1 aliphatic heterocycles. The molecular formula is C22H22N4O5. The van der Waals surface area contributed by atoms with Crippen LogP contribution in [-0.4, -0.2) is 54.5 Å². The number of aromatic nitrogens is 3. The molecule has 1 aliphatic rings. The number of hydrogen-bond acceptors (Lipinski definition) is 8. The smallest absolute Gasteiger partial charge is 0.355 e. The second-order valence-corrected chi connectivity index (χ2v) is 6.90. The quantitative estimate of drug-likeness (QED) is 0.579. The van der Waals surface area contributed by atoms with Crippen molar-refractivity contribution in [1.82, 2.24) is 15.0 Å². The highest BCUT2D eigenvalue weighted by Crippen LogP contribution is 2.28. The van der Waals surface area contributed by atoms with Crippen LogP contribution in [-0.2, 0) is 30.2 Å². The topological polar surface area (TPSA) is 95.8 Å². The molecule has 0 saturated heterocycles. The van der Waals surface area contributed by atoms with Crippen LogP contribution >= 0.6 is 0 Å². The Kier molecular flexibility index (Phi) is 5.68. The van der Waals surface area contributed by atoms with Crippen molar-refractivity contribution in [3.8, 4) is 5.69 Å². The predicted octanol–water partition coefficient (Wildman–Crippen LogP) is 2.38. The molecule has 9 heteroatoms. The molecule has 0 aliphatic carbocycles. The summed E-state index contributed by atoms with van der Waals surface area (Å²) in [4.78, 5) is 27.8. The SMILES string of the molecule is CCc1ccc(-n2nc3ccc(N4COCC(C(=O)OC)=C4C(=O)OC)cc3n2)cc1. The number of rotatable bonds is 5. The largest absolute Gasteiger partial charge is 0.466 e. The van der Waals surface area contributed by atoms with Crippen LogP contribution in [0.1, 0.15) is 12.5 Å². The monoisotopic (exact) mass is 422 g/mol. The molecule has 0 atom stereocenters. The van der Waals surface area contributed by atoms with Gasteiger partial charge in [0, 0.05) is 5.69 Å². The maximum atomic E-state index is 12.5. The lowest BCUT2D eigenvalue weighted by atomic mass is 10.1. The van der Waals surface area contributed by atoms with Gasteiger partial charge in [-0.05, 0) is 42.3 Å². The zero-order chi connectivity index (χ0) is 22.0. The molecule has 0 saturated carbocycles. The summed E-state index contributed by atoms with van der Waals surface area (Å²) in [6, 6.07) is 13.4. The van der Waals surface area contributed by atoms with E-state index in [4.69, 9.17) is 14.2 Å². The van der Waals surface area contributed by atoms with Crippen molar-refractivity contribution in [3.05, 3.63) is 59.3 Å². The number of hydrogen-bond donors (Lipinski definition) is 0. The van der Waals surface area contributed by atoms with Gasteiger partial charge in [-0.15, -0.1) is 10.2 Å². The van der Waals surface area contributed by atoms with E-state index in [-0.39, 0.29) is 24.6 Å². The van der Waals surface area contributed by atoms with E-state index in [1.807, 2.05) is 24.3 Å². The van der Waals surface area contributed by atoms with Crippen LogP contribution in [0.3, 0.4) is 0 Å². The van der Waals surface area contributed by atoms with Crippen LogP contribution in [0, 0.1) is 0 Å². The standard InChI is InChI=1S/C22H22N4O5/c1-4-14-5-7-15(8-6-14)26-23-18-10-9-16(11-19(18)24-26)25-13-31-12-17(21(27)29-2)20(25)22(28)30-3/h5-11H,4,12-13H2,1-3H3. The summed E-state index contributed by atoms with van der Waals surface area (Å²) in [5, 5.41) is 9.10. The van der Waals surface area contributed by atoms with Crippen molar-refractivity contribution in [2.45, 2.75) is 13.3 Å². The zero-order valence-corrected chi connectivity index (χ0v) is 17.5. The summed E-state index contributed by atoms with van der Waals surface area (Å²) in [6.45, 7) is 2.13. The van der Waals surface area contributed by atoms with Crippen LogP contribution in [0.2, 0.25) is 0 Å². The van der Waals surface area contributed by atoms with Gasteiger partial charge in [0.2, 0.25) is 0 Å². The van der Waals surface area contributed by atoms with Gasteiger partial charge in [0.05, 0.1) is 32.1 Å². The molecule has 0 bridgehead atoms. The van der Waals surface area contributed by atoms with Gasteiger partial charge < -0.3 is 19.1 Å². The van der Waals surface area contributed by atoms with Gasteiger partial charge in [-0.2, -0.15) is 4.80 Å². The highest BCUT2D eigenvalue weighted by Gasteiger charge is 2.32. The van der Waals surface area contributed by atoms with E-state index in [9.17, 15) is 9.59 Å². The average molecular weight is 422 g/mol. The molecule has 0 radical (unpaired) electrons. The predicted molar refractivity (Wildman–Crippen MR) is 113 cm³/mol. The number of fused-ring (bicyclic) bond motifs is 1. The number of carbonyl (C=O) groups excluding carboxylic acids is 2. The molecule has 0 fully saturated rings. The molecule has 160 valence electrons. The van der Waals surface area contributed by atoms with E-state index < -0.39 is 11.9 Å². The normalized spacial score (nSPS) is 14.1. The Balaban J connectivity index is 1.74. The molecule has 9 nitrogen and oxygen atoms in total. The van der Waals surface area contributed by atoms with Crippen molar-refractivity contribution in [2.75, 3.05) is 32.5 Å². The van der Waals surface area contributed by atoms with Crippen molar-refractivity contribution in [1.29, 1.82) is 0 Å². The lowest BCUT2D eigenvalue weighted by molar-refractivity contribution is -0.140. The third kappa shape index (κ3) is 3.87. The van der Waals surface area contributed by atoms with Gasteiger partial charge >= 0.3 is 11.9 Å². The molecule has 0 N–H and O–H groups in total. The minimum Gasteiger partial charge on any atom is -0.466 e. The number of aryl methyl sites for hydroxylation is 1. The second kappa shape index (κ2) is 8.57. The van der Waals surface area contributed by atoms with Crippen LogP contribution in [0.25, 0.3) is 16.7 Å². The summed E-state index contributed by atoms with van der Waals surface area (Å²) in [6.07, 6.45) is 0.958. The van der Waals surface area contributed by atoms with Crippen molar-refractivity contribution in [3.63, 3.8) is 0 Å². The van der Waals surface area contributed by atoms with E-state index in [2.05, 4.69) is 17.1 Å². The number of nitrogens with zero attached hydrogens (tertiary/aromatic N) is 4. The van der Waals surface area contributed by atoms with Gasteiger partial charge in [0.1, 0.15) is 23.5 Å². The Morgan fingerprint density at radius 1 is 0.968 bits per heavy atom. The Morgan fingerprint density at radius 3 is 2.32 bits per heavy atom. The fourth-order valence-corrected chi connectivity index (χ4v) is 3.40. The number of methoxy groups -OCH3 is 2. The van der Waals surface area contributed by atoms with Crippen molar-refractivity contribution in [2.24, 2.45) is 0 Å². The second-order valence-electron chi connectivity index (χ2n) is 6.90. The molecular weight excluding hydrogens is 400 g/mol. The zero-order valence-electron chi connectivity index (χ0n) is 17.5. The molecule has 31 heavy (non-hydrogen) atoms. The van der Waals surface area contributed by atoms with Crippen LogP contribution in [0.5, 0.6) is 0 Å². The minimum absolute atomic E-state index is 0.0419. The lowest BCUT2D eigenvalue weighted by Crippen LogP contribution is -2.38. The van der Waals surface area contributed by atoms with Crippen LogP contribution in [0.15, 0.2) is 53.7 Å². The molecule has 0 unspecified atom stereocenters. The fraction of sp³-hybridized carbons (Fsp3) is 0.273.